The average molecular weight is 364 g/mol. The monoisotopic (exact) mass is 364 g/mol. The van der Waals surface area contributed by atoms with E-state index >= 15 is 0 Å². The van der Waals surface area contributed by atoms with Gasteiger partial charge in [0.1, 0.15) is 11.6 Å². The maximum Gasteiger partial charge on any atom is 0.222 e. The molecule has 2 aromatic carbocycles. The number of aromatic nitrogens is 1. The minimum absolute atomic E-state index is 0.115. The van der Waals surface area contributed by atoms with Crippen LogP contribution in [0.3, 0.4) is 0 Å². The lowest BCUT2D eigenvalue weighted by Gasteiger charge is -2.06. The van der Waals surface area contributed by atoms with E-state index < -0.39 is 0 Å². The highest BCUT2D eigenvalue weighted by molar-refractivity contribution is 5.89. The van der Waals surface area contributed by atoms with Crippen molar-refractivity contribution in [3.8, 4) is 0 Å². The molecule has 3 aromatic rings. The Morgan fingerprint density at radius 2 is 1.67 bits per heavy atom. The van der Waals surface area contributed by atoms with Gasteiger partial charge in [0.2, 0.25) is 5.91 Å². The molecule has 1 N–H and O–H groups in total. The SMILES string of the molecule is CC(=O)Nc1ccc2cc(CCCCCCc3cccc(F)c3)ccc2n1. The highest BCUT2D eigenvalue weighted by atomic mass is 19.1. The van der Waals surface area contributed by atoms with Crippen LogP contribution < -0.4 is 5.32 Å². The molecule has 140 valence electrons. The maximum absolute atomic E-state index is 13.2. The molecule has 0 aliphatic heterocycles. The summed E-state index contributed by atoms with van der Waals surface area (Å²) >= 11 is 0. The Kier molecular flexibility index (Phi) is 6.53. The molecular weight excluding hydrogens is 339 g/mol. The van der Waals surface area contributed by atoms with Crippen molar-refractivity contribution >= 4 is 22.6 Å². The van der Waals surface area contributed by atoms with Gasteiger partial charge in [0, 0.05) is 12.3 Å². The Morgan fingerprint density at radius 1 is 0.926 bits per heavy atom. The van der Waals surface area contributed by atoms with Crippen molar-refractivity contribution in [1.29, 1.82) is 0 Å². The molecule has 0 unspecified atom stereocenters. The number of anilines is 1. The second-order valence-electron chi connectivity index (χ2n) is 6.95. The van der Waals surface area contributed by atoms with E-state index in [4.69, 9.17) is 0 Å². The van der Waals surface area contributed by atoms with Crippen LogP contribution in [-0.2, 0) is 17.6 Å². The Morgan fingerprint density at radius 3 is 2.37 bits per heavy atom. The van der Waals surface area contributed by atoms with E-state index in [-0.39, 0.29) is 11.7 Å². The van der Waals surface area contributed by atoms with E-state index in [1.165, 1.54) is 25.0 Å². The molecule has 4 heteroatoms. The Hall–Kier alpha value is -2.75. The van der Waals surface area contributed by atoms with E-state index in [0.29, 0.717) is 5.82 Å². The van der Waals surface area contributed by atoms with Gasteiger partial charge in [0.15, 0.2) is 0 Å². The van der Waals surface area contributed by atoms with Gasteiger partial charge < -0.3 is 5.32 Å². The first-order valence-corrected chi connectivity index (χ1v) is 9.52. The van der Waals surface area contributed by atoms with Gasteiger partial charge in [0.25, 0.3) is 0 Å². The second kappa shape index (κ2) is 9.26. The predicted molar refractivity (Wildman–Crippen MR) is 108 cm³/mol. The average Bonchev–Trinajstić information content (AvgIpc) is 2.64. The van der Waals surface area contributed by atoms with Crippen molar-refractivity contribution in [3.63, 3.8) is 0 Å². The summed E-state index contributed by atoms with van der Waals surface area (Å²) in [6.07, 6.45) is 6.56. The van der Waals surface area contributed by atoms with Crippen LogP contribution >= 0.6 is 0 Å². The molecule has 0 aliphatic rings. The number of fused-ring (bicyclic) bond motifs is 1. The summed E-state index contributed by atoms with van der Waals surface area (Å²) in [6, 6.07) is 17.0. The summed E-state index contributed by atoms with van der Waals surface area (Å²) in [6.45, 7) is 1.48. The first-order valence-electron chi connectivity index (χ1n) is 9.52. The van der Waals surface area contributed by atoms with Crippen LogP contribution in [0.4, 0.5) is 10.2 Å². The molecular formula is C23H25FN2O. The number of nitrogens with one attached hydrogen (secondary N) is 1. The van der Waals surface area contributed by atoms with Gasteiger partial charge in [-0.3, -0.25) is 4.79 Å². The number of unbranched alkanes of at least 4 members (excludes halogenated alkanes) is 3. The third-order valence-electron chi connectivity index (χ3n) is 4.63. The molecule has 0 radical (unpaired) electrons. The largest absolute Gasteiger partial charge is 0.311 e. The maximum atomic E-state index is 13.2. The number of hydrogen-bond donors (Lipinski definition) is 1. The molecule has 1 aromatic heterocycles. The van der Waals surface area contributed by atoms with Gasteiger partial charge in [-0.25, -0.2) is 9.37 Å². The zero-order valence-corrected chi connectivity index (χ0v) is 15.7. The van der Waals surface area contributed by atoms with Gasteiger partial charge in [-0.1, -0.05) is 31.0 Å². The van der Waals surface area contributed by atoms with Gasteiger partial charge in [-0.2, -0.15) is 0 Å². The van der Waals surface area contributed by atoms with E-state index in [1.807, 2.05) is 24.3 Å². The predicted octanol–water partition coefficient (Wildman–Crippen LogP) is 5.68. The minimum Gasteiger partial charge on any atom is -0.311 e. The van der Waals surface area contributed by atoms with Crippen molar-refractivity contribution in [3.05, 3.63) is 71.5 Å². The first kappa shape index (κ1) is 19.0. The zero-order valence-electron chi connectivity index (χ0n) is 15.7. The second-order valence-corrected chi connectivity index (χ2v) is 6.95. The number of rotatable bonds is 8. The summed E-state index contributed by atoms with van der Waals surface area (Å²) in [4.78, 5) is 15.6. The molecule has 0 saturated carbocycles. The Labute approximate surface area is 159 Å². The standard InChI is InChI=1S/C23H25FN2O/c1-17(27)25-23-14-12-20-15-19(11-13-22(20)26-23)8-5-3-2-4-7-18-9-6-10-21(24)16-18/h6,9-16H,2-5,7-8H2,1H3,(H,25,26,27). The number of halogens is 1. The van der Waals surface area contributed by atoms with Gasteiger partial charge in [0.05, 0.1) is 5.52 Å². The van der Waals surface area contributed by atoms with Crippen molar-refractivity contribution in [2.75, 3.05) is 5.32 Å². The first-order chi connectivity index (χ1) is 13.1. The van der Waals surface area contributed by atoms with E-state index in [1.54, 1.807) is 12.1 Å². The summed E-state index contributed by atoms with van der Waals surface area (Å²) in [5.74, 6) is 0.319. The molecule has 0 fully saturated rings. The molecule has 0 bridgehead atoms. The fourth-order valence-corrected chi connectivity index (χ4v) is 3.28. The van der Waals surface area contributed by atoms with Crippen LogP contribution in [0.1, 0.15) is 43.7 Å². The topological polar surface area (TPSA) is 42.0 Å². The molecule has 1 heterocycles. The Bertz CT molecular complexity index is 923. The number of hydrogen-bond acceptors (Lipinski definition) is 2. The van der Waals surface area contributed by atoms with Crippen LogP contribution in [0.15, 0.2) is 54.6 Å². The lowest BCUT2D eigenvalue weighted by atomic mass is 10.0. The fraction of sp³-hybridized carbons (Fsp3) is 0.304. The fourth-order valence-electron chi connectivity index (χ4n) is 3.28. The summed E-state index contributed by atoms with van der Waals surface area (Å²) < 4.78 is 13.2. The van der Waals surface area contributed by atoms with Crippen LogP contribution in [0.5, 0.6) is 0 Å². The molecule has 3 rings (SSSR count). The van der Waals surface area contributed by atoms with Gasteiger partial charge in [-0.05, 0) is 73.2 Å². The highest BCUT2D eigenvalue weighted by Gasteiger charge is 2.02. The van der Waals surface area contributed by atoms with Gasteiger partial charge >= 0.3 is 0 Å². The van der Waals surface area contributed by atoms with Crippen LogP contribution in [0.2, 0.25) is 0 Å². The van der Waals surface area contributed by atoms with Crippen LogP contribution in [0, 0.1) is 5.82 Å². The molecule has 0 atom stereocenters. The zero-order chi connectivity index (χ0) is 19.1. The van der Waals surface area contributed by atoms with E-state index in [0.717, 1.165) is 48.6 Å². The lowest BCUT2D eigenvalue weighted by Crippen LogP contribution is -2.07. The normalized spacial score (nSPS) is 10.9. The number of carbonyl (C=O) groups excluding carboxylic acids is 1. The Balaban J connectivity index is 1.44. The minimum atomic E-state index is -0.150. The molecule has 1 amide bonds. The number of nitrogens with zero attached hydrogens (tertiary/aromatic N) is 1. The van der Waals surface area contributed by atoms with Crippen molar-refractivity contribution < 1.29 is 9.18 Å². The quantitative estimate of drug-likeness (QED) is 0.523. The number of aryl methyl sites for hydroxylation is 2. The molecule has 0 spiro atoms. The molecule has 3 nitrogen and oxygen atoms in total. The number of benzene rings is 2. The van der Waals surface area contributed by atoms with Crippen molar-refractivity contribution in [2.24, 2.45) is 0 Å². The van der Waals surface area contributed by atoms with Gasteiger partial charge in [-0.15, -0.1) is 0 Å². The molecule has 0 saturated heterocycles. The molecule has 0 aliphatic carbocycles. The van der Waals surface area contributed by atoms with Crippen molar-refractivity contribution in [2.45, 2.75) is 45.4 Å². The summed E-state index contributed by atoms with van der Waals surface area (Å²) in [5.41, 5.74) is 3.28. The van der Waals surface area contributed by atoms with Crippen LogP contribution in [0.25, 0.3) is 10.9 Å². The lowest BCUT2D eigenvalue weighted by molar-refractivity contribution is -0.114. The highest BCUT2D eigenvalue weighted by Crippen LogP contribution is 2.19. The number of pyridine rings is 1. The smallest absolute Gasteiger partial charge is 0.222 e. The number of amides is 1. The van der Waals surface area contributed by atoms with E-state index in [2.05, 4.69) is 22.4 Å². The molecule has 27 heavy (non-hydrogen) atoms. The number of carbonyl (C=O) groups is 1. The summed E-state index contributed by atoms with van der Waals surface area (Å²) in [7, 11) is 0. The third kappa shape index (κ3) is 5.88. The van der Waals surface area contributed by atoms with Crippen molar-refractivity contribution in [1.82, 2.24) is 4.98 Å². The third-order valence-corrected chi connectivity index (χ3v) is 4.63. The van der Waals surface area contributed by atoms with Crippen LogP contribution in [-0.4, -0.2) is 10.9 Å². The van der Waals surface area contributed by atoms with E-state index in [9.17, 15) is 9.18 Å². The summed E-state index contributed by atoms with van der Waals surface area (Å²) in [5, 5.41) is 3.80.